The van der Waals surface area contributed by atoms with Crippen LogP contribution in [0.4, 0.5) is 8.78 Å². The topological polar surface area (TPSA) is 43.6 Å². The molecular formula is C8H6F2N4. The van der Waals surface area contributed by atoms with Gasteiger partial charge in [-0.2, -0.15) is 4.80 Å². The Labute approximate surface area is 78.2 Å². The standard InChI is InChI=1S/C8H6F2N4/c1-14-12-8(11-13-14)5-2-3-6(9)7(10)4-5/h2-4H,1H3. The summed E-state index contributed by atoms with van der Waals surface area (Å²) in [7, 11) is 1.59. The van der Waals surface area contributed by atoms with E-state index in [1.54, 1.807) is 7.05 Å². The van der Waals surface area contributed by atoms with Crippen molar-refractivity contribution in [2.24, 2.45) is 7.05 Å². The molecule has 0 N–H and O–H groups in total. The van der Waals surface area contributed by atoms with Gasteiger partial charge in [0.05, 0.1) is 7.05 Å². The second-order valence-corrected chi connectivity index (χ2v) is 2.73. The molecule has 0 spiro atoms. The fourth-order valence-corrected chi connectivity index (χ4v) is 1.03. The average Bonchev–Trinajstić information content (AvgIpc) is 2.57. The van der Waals surface area contributed by atoms with Crippen molar-refractivity contribution >= 4 is 0 Å². The highest BCUT2D eigenvalue weighted by atomic mass is 19.2. The zero-order valence-electron chi connectivity index (χ0n) is 7.28. The van der Waals surface area contributed by atoms with Gasteiger partial charge in [0, 0.05) is 5.56 Å². The molecule has 0 saturated carbocycles. The molecule has 0 unspecified atom stereocenters. The fourth-order valence-electron chi connectivity index (χ4n) is 1.03. The van der Waals surface area contributed by atoms with Gasteiger partial charge in [0.25, 0.3) is 0 Å². The predicted octanol–water partition coefficient (Wildman–Crippen LogP) is 1.16. The third kappa shape index (κ3) is 1.46. The maximum absolute atomic E-state index is 12.8. The van der Waals surface area contributed by atoms with Crippen LogP contribution in [-0.4, -0.2) is 20.2 Å². The van der Waals surface area contributed by atoms with Crippen molar-refractivity contribution in [3.8, 4) is 11.4 Å². The Balaban J connectivity index is 2.47. The molecule has 6 heteroatoms. The van der Waals surface area contributed by atoms with Gasteiger partial charge >= 0.3 is 0 Å². The van der Waals surface area contributed by atoms with Crippen LogP contribution < -0.4 is 0 Å². The lowest BCUT2D eigenvalue weighted by Crippen LogP contribution is -1.92. The largest absolute Gasteiger partial charge is 0.205 e. The van der Waals surface area contributed by atoms with E-state index in [4.69, 9.17) is 0 Å². The summed E-state index contributed by atoms with van der Waals surface area (Å²) < 4.78 is 25.4. The normalized spacial score (nSPS) is 10.5. The first-order valence-corrected chi connectivity index (χ1v) is 3.86. The molecule has 0 saturated heterocycles. The van der Waals surface area contributed by atoms with Crippen molar-refractivity contribution in [1.29, 1.82) is 0 Å². The second kappa shape index (κ2) is 3.13. The highest BCUT2D eigenvalue weighted by Crippen LogP contribution is 2.16. The van der Waals surface area contributed by atoms with Crippen LogP contribution in [-0.2, 0) is 7.05 Å². The molecule has 0 bridgehead atoms. The number of hydrogen-bond acceptors (Lipinski definition) is 3. The number of halogens is 2. The molecule has 1 aromatic carbocycles. The summed E-state index contributed by atoms with van der Waals surface area (Å²) in [4.78, 5) is 1.25. The first-order valence-electron chi connectivity index (χ1n) is 3.86. The van der Waals surface area contributed by atoms with E-state index in [-0.39, 0.29) is 5.82 Å². The van der Waals surface area contributed by atoms with Crippen LogP contribution in [0.1, 0.15) is 0 Å². The number of tetrazole rings is 1. The van der Waals surface area contributed by atoms with E-state index in [1.807, 2.05) is 0 Å². The van der Waals surface area contributed by atoms with Crippen molar-refractivity contribution in [2.45, 2.75) is 0 Å². The molecule has 0 radical (unpaired) electrons. The summed E-state index contributed by atoms with van der Waals surface area (Å²) in [6.45, 7) is 0. The average molecular weight is 196 g/mol. The van der Waals surface area contributed by atoms with Gasteiger partial charge in [-0.15, -0.1) is 10.2 Å². The van der Waals surface area contributed by atoms with Gasteiger partial charge in [-0.1, -0.05) is 0 Å². The Bertz CT molecular complexity index is 466. The number of hydrogen-bond donors (Lipinski definition) is 0. The van der Waals surface area contributed by atoms with Crippen LogP contribution in [0.3, 0.4) is 0 Å². The van der Waals surface area contributed by atoms with E-state index in [1.165, 1.54) is 10.9 Å². The number of aryl methyl sites for hydroxylation is 1. The first kappa shape index (κ1) is 8.74. The van der Waals surface area contributed by atoms with E-state index in [9.17, 15) is 8.78 Å². The fraction of sp³-hybridized carbons (Fsp3) is 0.125. The molecular weight excluding hydrogens is 190 g/mol. The molecule has 4 nitrogen and oxygen atoms in total. The second-order valence-electron chi connectivity index (χ2n) is 2.73. The van der Waals surface area contributed by atoms with Gasteiger partial charge in [-0.25, -0.2) is 8.78 Å². The lowest BCUT2D eigenvalue weighted by molar-refractivity contribution is 0.509. The van der Waals surface area contributed by atoms with Crippen molar-refractivity contribution < 1.29 is 8.78 Å². The lowest BCUT2D eigenvalue weighted by atomic mass is 10.2. The van der Waals surface area contributed by atoms with Gasteiger partial charge < -0.3 is 0 Å². The summed E-state index contributed by atoms with van der Waals surface area (Å²) in [6.07, 6.45) is 0. The summed E-state index contributed by atoms with van der Waals surface area (Å²) in [5.74, 6) is -1.54. The summed E-state index contributed by atoms with van der Waals surface area (Å²) in [5.41, 5.74) is 0.400. The summed E-state index contributed by atoms with van der Waals surface area (Å²) in [5, 5.41) is 11.1. The maximum Gasteiger partial charge on any atom is 0.205 e. The van der Waals surface area contributed by atoms with Gasteiger partial charge in [0.15, 0.2) is 11.6 Å². The molecule has 1 heterocycles. The van der Waals surface area contributed by atoms with Gasteiger partial charge in [0.1, 0.15) is 0 Å². The van der Waals surface area contributed by atoms with Crippen LogP contribution in [0.15, 0.2) is 18.2 Å². The molecule has 2 aromatic rings. The summed E-state index contributed by atoms with van der Waals surface area (Å²) >= 11 is 0. The third-order valence-electron chi connectivity index (χ3n) is 1.69. The third-order valence-corrected chi connectivity index (χ3v) is 1.69. The molecule has 0 aliphatic heterocycles. The highest BCUT2D eigenvalue weighted by molar-refractivity contribution is 5.53. The summed E-state index contributed by atoms with van der Waals surface area (Å²) in [6, 6.07) is 3.46. The van der Waals surface area contributed by atoms with Crippen molar-refractivity contribution in [3.63, 3.8) is 0 Å². The van der Waals surface area contributed by atoms with E-state index in [2.05, 4.69) is 15.4 Å². The van der Waals surface area contributed by atoms with Crippen LogP contribution in [0.25, 0.3) is 11.4 Å². The monoisotopic (exact) mass is 196 g/mol. The molecule has 0 atom stereocenters. The first-order chi connectivity index (χ1) is 6.66. The van der Waals surface area contributed by atoms with Crippen LogP contribution in [0.2, 0.25) is 0 Å². The van der Waals surface area contributed by atoms with Gasteiger partial charge in [-0.05, 0) is 23.4 Å². The molecule has 14 heavy (non-hydrogen) atoms. The van der Waals surface area contributed by atoms with Crippen LogP contribution in [0, 0.1) is 11.6 Å². The maximum atomic E-state index is 12.8. The molecule has 2 rings (SSSR count). The van der Waals surface area contributed by atoms with Crippen molar-refractivity contribution in [2.75, 3.05) is 0 Å². The zero-order valence-corrected chi connectivity index (χ0v) is 7.28. The number of nitrogens with zero attached hydrogens (tertiary/aromatic N) is 4. The van der Waals surface area contributed by atoms with Crippen molar-refractivity contribution in [1.82, 2.24) is 20.2 Å². The Hall–Kier alpha value is -1.85. The SMILES string of the molecule is Cn1nnc(-c2ccc(F)c(F)c2)n1. The number of benzene rings is 1. The minimum absolute atomic E-state index is 0.270. The molecule has 0 fully saturated rings. The Morgan fingerprint density at radius 1 is 1.21 bits per heavy atom. The minimum atomic E-state index is -0.921. The molecule has 0 aliphatic carbocycles. The van der Waals surface area contributed by atoms with Crippen LogP contribution >= 0.6 is 0 Å². The molecule has 1 aromatic heterocycles. The quantitative estimate of drug-likeness (QED) is 0.687. The number of rotatable bonds is 1. The highest BCUT2D eigenvalue weighted by Gasteiger charge is 2.07. The molecule has 0 aliphatic rings. The Morgan fingerprint density at radius 2 is 2.00 bits per heavy atom. The number of aromatic nitrogens is 4. The zero-order chi connectivity index (χ0) is 10.1. The Morgan fingerprint density at radius 3 is 2.57 bits per heavy atom. The molecule has 72 valence electrons. The van der Waals surface area contributed by atoms with E-state index in [0.717, 1.165) is 12.1 Å². The minimum Gasteiger partial charge on any atom is -0.204 e. The predicted molar refractivity (Wildman–Crippen MR) is 44.2 cm³/mol. The smallest absolute Gasteiger partial charge is 0.204 e. The van der Waals surface area contributed by atoms with Gasteiger partial charge in [-0.3, -0.25) is 0 Å². The van der Waals surface area contributed by atoms with E-state index < -0.39 is 11.6 Å². The van der Waals surface area contributed by atoms with E-state index in [0.29, 0.717) is 5.56 Å². The van der Waals surface area contributed by atoms with E-state index >= 15 is 0 Å². The van der Waals surface area contributed by atoms with Crippen molar-refractivity contribution in [3.05, 3.63) is 29.8 Å². The lowest BCUT2D eigenvalue weighted by Gasteiger charge is -1.95. The van der Waals surface area contributed by atoms with Gasteiger partial charge in [0.2, 0.25) is 5.82 Å². The Kier molecular flexibility index (Phi) is 1.95. The molecule has 0 amide bonds. The van der Waals surface area contributed by atoms with Crippen LogP contribution in [0.5, 0.6) is 0 Å².